The van der Waals surface area contributed by atoms with Gasteiger partial charge in [-0.1, -0.05) is 0 Å². The minimum Gasteiger partial charge on any atom is -0.483 e. The number of urea groups is 1. The number of hydrogen-bond donors (Lipinski definition) is 0. The van der Waals surface area contributed by atoms with E-state index in [9.17, 15) is 18.0 Å². The molecule has 8 nitrogen and oxygen atoms in total. The molecule has 0 unspecified atom stereocenters. The maximum atomic E-state index is 14.5. The first-order valence-electron chi connectivity index (χ1n) is 11.2. The van der Waals surface area contributed by atoms with Crippen molar-refractivity contribution >= 4 is 24.0 Å². The van der Waals surface area contributed by atoms with E-state index in [1.165, 1.54) is 46.1 Å². The van der Waals surface area contributed by atoms with Crippen molar-refractivity contribution in [1.29, 1.82) is 0 Å². The molecule has 0 bridgehead atoms. The van der Waals surface area contributed by atoms with Crippen LogP contribution in [0.4, 0.5) is 18.0 Å². The average molecular weight is 517 g/mol. The standard InChI is InChI=1S/C24H23F3N6O2S/c1-13-22(31(2)30-23(13)36-3)19-9-21(18(27)10-28-19)35-17-11-32(12-17)24(34)33-20(4-5-29-33)14-6-15(25)8-16(26)7-14/h5-10,17,20H,4,11-12H2,1-3H3/t20-/m0/s1. The second kappa shape index (κ2) is 9.49. The number of ether oxygens (including phenoxy) is 1. The minimum absolute atomic E-state index is 0.0377. The number of hydrazone groups is 1. The zero-order chi connectivity index (χ0) is 25.6. The van der Waals surface area contributed by atoms with Crippen molar-refractivity contribution in [2.45, 2.75) is 30.5 Å². The van der Waals surface area contributed by atoms with Crippen LogP contribution < -0.4 is 4.74 Å². The van der Waals surface area contributed by atoms with Crippen LogP contribution in [0.1, 0.15) is 23.6 Å². The SMILES string of the molecule is CSc1nn(C)c(-c2cc(OC3CN(C(=O)N4N=CC[C@H]4c4cc(F)cc(F)c4)C3)c(F)cn2)c1C. The van der Waals surface area contributed by atoms with Crippen LogP contribution in [0.3, 0.4) is 0 Å². The molecule has 2 aromatic heterocycles. The number of aryl methyl sites for hydroxylation is 1. The molecular formula is C24H23F3N6O2S. The third kappa shape index (κ3) is 4.41. The van der Waals surface area contributed by atoms with Crippen LogP contribution in [0.15, 0.2) is 40.6 Å². The molecule has 1 saturated heterocycles. The van der Waals surface area contributed by atoms with Gasteiger partial charge in [-0.05, 0) is 30.9 Å². The number of benzene rings is 1. The Morgan fingerprint density at radius 3 is 2.53 bits per heavy atom. The molecule has 36 heavy (non-hydrogen) atoms. The van der Waals surface area contributed by atoms with E-state index in [1.54, 1.807) is 11.7 Å². The summed E-state index contributed by atoms with van der Waals surface area (Å²) in [6.07, 6.45) is 4.50. The third-order valence-electron chi connectivity index (χ3n) is 6.20. The molecule has 0 saturated carbocycles. The Bertz CT molecular complexity index is 1340. The smallest absolute Gasteiger partial charge is 0.341 e. The van der Waals surface area contributed by atoms with Crippen molar-refractivity contribution in [1.82, 2.24) is 24.7 Å². The Hall–Kier alpha value is -3.54. The second-order valence-corrected chi connectivity index (χ2v) is 9.43. The lowest BCUT2D eigenvalue weighted by molar-refractivity contribution is 0.0256. The van der Waals surface area contributed by atoms with Gasteiger partial charge >= 0.3 is 6.03 Å². The monoisotopic (exact) mass is 516 g/mol. The number of aromatic nitrogens is 3. The average Bonchev–Trinajstić information content (AvgIpc) is 3.40. The Morgan fingerprint density at radius 1 is 1.14 bits per heavy atom. The Morgan fingerprint density at radius 2 is 1.86 bits per heavy atom. The molecule has 2 aliphatic rings. The summed E-state index contributed by atoms with van der Waals surface area (Å²) in [7, 11) is 1.80. The van der Waals surface area contributed by atoms with E-state index in [0.717, 1.165) is 28.5 Å². The van der Waals surface area contributed by atoms with Gasteiger partial charge in [0.2, 0.25) is 0 Å². The molecule has 1 aromatic carbocycles. The van der Waals surface area contributed by atoms with Crippen LogP contribution in [-0.2, 0) is 7.05 Å². The minimum atomic E-state index is -0.716. The topological polar surface area (TPSA) is 75.8 Å². The number of rotatable bonds is 5. The van der Waals surface area contributed by atoms with Crippen molar-refractivity contribution in [2.75, 3.05) is 19.3 Å². The van der Waals surface area contributed by atoms with Gasteiger partial charge in [0.05, 0.1) is 36.7 Å². The number of halogens is 3. The summed E-state index contributed by atoms with van der Waals surface area (Å²) in [6, 6.07) is 3.69. The van der Waals surface area contributed by atoms with Gasteiger partial charge in [0.25, 0.3) is 0 Å². The van der Waals surface area contributed by atoms with Crippen molar-refractivity contribution in [3.05, 3.63) is 59.0 Å². The molecule has 0 spiro atoms. The maximum Gasteiger partial charge on any atom is 0.341 e. The highest BCUT2D eigenvalue weighted by Gasteiger charge is 2.39. The van der Waals surface area contributed by atoms with Gasteiger partial charge in [-0.3, -0.25) is 9.67 Å². The van der Waals surface area contributed by atoms with Crippen LogP contribution >= 0.6 is 11.8 Å². The molecule has 188 valence electrons. The van der Waals surface area contributed by atoms with E-state index in [0.29, 0.717) is 17.7 Å². The first kappa shape index (κ1) is 24.2. The zero-order valence-electron chi connectivity index (χ0n) is 19.8. The zero-order valence-corrected chi connectivity index (χ0v) is 20.6. The molecule has 0 radical (unpaired) electrons. The largest absolute Gasteiger partial charge is 0.483 e. The summed E-state index contributed by atoms with van der Waals surface area (Å²) in [4.78, 5) is 18.7. The summed E-state index contributed by atoms with van der Waals surface area (Å²) >= 11 is 1.52. The summed E-state index contributed by atoms with van der Waals surface area (Å²) < 4.78 is 49.4. The van der Waals surface area contributed by atoms with Gasteiger partial charge < -0.3 is 9.64 Å². The first-order valence-corrected chi connectivity index (χ1v) is 12.4. The maximum absolute atomic E-state index is 14.5. The van der Waals surface area contributed by atoms with Crippen molar-refractivity contribution in [3.63, 3.8) is 0 Å². The Labute approximate surface area is 209 Å². The van der Waals surface area contributed by atoms with E-state index in [4.69, 9.17) is 4.74 Å². The number of carbonyl (C=O) groups excluding carboxylic acids is 1. The third-order valence-corrected chi connectivity index (χ3v) is 6.98. The summed E-state index contributed by atoms with van der Waals surface area (Å²) in [5.74, 6) is -2.00. The van der Waals surface area contributed by atoms with Crippen molar-refractivity contribution in [3.8, 4) is 17.1 Å². The number of thioether (sulfide) groups is 1. The Balaban J connectivity index is 1.26. The van der Waals surface area contributed by atoms with Crippen LogP contribution in [0.2, 0.25) is 0 Å². The summed E-state index contributed by atoms with van der Waals surface area (Å²) in [5.41, 5.74) is 2.56. The quantitative estimate of drug-likeness (QED) is 0.466. The number of carbonyl (C=O) groups is 1. The van der Waals surface area contributed by atoms with Gasteiger partial charge in [-0.15, -0.1) is 11.8 Å². The lowest BCUT2D eigenvalue weighted by Crippen LogP contribution is -2.58. The van der Waals surface area contributed by atoms with Crippen LogP contribution in [0.5, 0.6) is 5.75 Å². The van der Waals surface area contributed by atoms with Gasteiger partial charge in [0.1, 0.15) is 22.8 Å². The normalized spacial score (nSPS) is 17.6. The molecule has 0 aliphatic carbocycles. The number of pyridine rings is 1. The van der Waals surface area contributed by atoms with Gasteiger partial charge in [-0.2, -0.15) is 10.2 Å². The molecule has 1 fully saturated rings. The van der Waals surface area contributed by atoms with Gasteiger partial charge in [0, 0.05) is 37.4 Å². The van der Waals surface area contributed by atoms with E-state index in [2.05, 4.69) is 15.2 Å². The number of nitrogens with zero attached hydrogens (tertiary/aromatic N) is 6. The molecule has 3 aromatic rings. The predicted octanol–water partition coefficient (Wildman–Crippen LogP) is 4.55. The van der Waals surface area contributed by atoms with Crippen LogP contribution in [0.25, 0.3) is 11.4 Å². The fourth-order valence-corrected chi connectivity index (χ4v) is 5.04. The van der Waals surface area contributed by atoms with Crippen LogP contribution in [0, 0.1) is 24.4 Å². The highest BCUT2D eigenvalue weighted by atomic mass is 32.2. The van der Waals surface area contributed by atoms with E-state index in [-0.39, 0.29) is 18.8 Å². The lowest BCUT2D eigenvalue weighted by Gasteiger charge is -2.41. The second-order valence-electron chi connectivity index (χ2n) is 8.63. The molecule has 2 aliphatic heterocycles. The van der Waals surface area contributed by atoms with Crippen LogP contribution in [-0.4, -0.2) is 62.4 Å². The molecule has 12 heteroatoms. The van der Waals surface area contributed by atoms with Crippen molar-refractivity contribution < 1.29 is 22.7 Å². The molecule has 5 rings (SSSR count). The summed E-state index contributed by atoms with van der Waals surface area (Å²) in [5, 5.41) is 10.6. The molecule has 2 amide bonds. The summed E-state index contributed by atoms with van der Waals surface area (Å²) in [6.45, 7) is 2.36. The Kier molecular flexibility index (Phi) is 6.37. The lowest BCUT2D eigenvalue weighted by atomic mass is 10.0. The predicted molar refractivity (Wildman–Crippen MR) is 128 cm³/mol. The number of likely N-dealkylation sites (tertiary alicyclic amines) is 1. The van der Waals surface area contributed by atoms with E-state index >= 15 is 0 Å². The fraction of sp³-hybridized carbons (Fsp3) is 0.333. The highest BCUT2D eigenvalue weighted by Crippen LogP contribution is 2.33. The molecule has 4 heterocycles. The highest BCUT2D eigenvalue weighted by molar-refractivity contribution is 7.98. The van der Waals surface area contributed by atoms with Gasteiger partial charge in [-0.25, -0.2) is 23.0 Å². The number of amides is 2. The first-order chi connectivity index (χ1) is 17.2. The van der Waals surface area contributed by atoms with Gasteiger partial charge in [0.15, 0.2) is 11.6 Å². The van der Waals surface area contributed by atoms with E-state index in [1.807, 2.05) is 13.2 Å². The number of hydrogen-bond acceptors (Lipinski definition) is 6. The van der Waals surface area contributed by atoms with Crippen molar-refractivity contribution in [2.24, 2.45) is 12.1 Å². The molecule has 0 N–H and O–H groups in total. The fourth-order valence-electron chi connectivity index (χ4n) is 4.43. The molecular weight excluding hydrogens is 493 g/mol. The van der Waals surface area contributed by atoms with E-state index < -0.39 is 35.6 Å². The molecule has 1 atom stereocenters.